The Hall–Kier alpha value is -1.29. The number of likely N-dealkylation sites (tertiary alicyclic amines) is 1. The SMILES string of the molecule is Cl.NC1CCN(CCOc2ccc3ccccc3c2)CC1. The molecular formula is C17H23ClN2O. The second-order valence-electron chi connectivity index (χ2n) is 5.54. The molecule has 0 radical (unpaired) electrons. The predicted octanol–water partition coefficient (Wildman–Crippen LogP) is 3.06. The van der Waals surface area contributed by atoms with E-state index in [1.54, 1.807) is 0 Å². The standard InChI is InChI=1S/C17H22N2O.ClH/c18-16-7-9-19(10-8-16)11-12-20-17-6-5-14-3-1-2-4-15(14)13-17;/h1-6,13,16H,7-12,18H2;1H. The maximum absolute atomic E-state index is 5.91. The van der Waals surface area contributed by atoms with Crippen LogP contribution < -0.4 is 10.5 Å². The first kappa shape index (κ1) is 16.1. The molecule has 114 valence electrons. The summed E-state index contributed by atoms with van der Waals surface area (Å²) in [4.78, 5) is 2.43. The van der Waals surface area contributed by atoms with E-state index >= 15 is 0 Å². The average Bonchev–Trinajstić information content (AvgIpc) is 2.49. The Bertz CT molecular complexity index is 567. The number of ether oxygens (including phenoxy) is 1. The van der Waals surface area contributed by atoms with Crippen LogP contribution in [-0.4, -0.2) is 37.2 Å². The third-order valence-electron chi connectivity index (χ3n) is 4.03. The number of fused-ring (bicyclic) bond motifs is 1. The number of piperidine rings is 1. The van der Waals surface area contributed by atoms with E-state index < -0.39 is 0 Å². The van der Waals surface area contributed by atoms with E-state index in [-0.39, 0.29) is 12.4 Å². The Kier molecular flexibility index (Phi) is 5.85. The van der Waals surface area contributed by atoms with Crippen LogP contribution in [0.25, 0.3) is 10.8 Å². The Balaban J connectivity index is 0.00000161. The lowest BCUT2D eigenvalue weighted by Crippen LogP contribution is -2.41. The number of nitrogens with two attached hydrogens (primary N) is 1. The molecule has 0 bridgehead atoms. The highest BCUT2D eigenvalue weighted by molar-refractivity contribution is 5.85. The van der Waals surface area contributed by atoms with Crippen molar-refractivity contribution in [2.75, 3.05) is 26.2 Å². The maximum Gasteiger partial charge on any atom is 0.120 e. The summed E-state index contributed by atoms with van der Waals surface area (Å²) < 4.78 is 5.87. The van der Waals surface area contributed by atoms with Gasteiger partial charge in [-0.2, -0.15) is 0 Å². The van der Waals surface area contributed by atoms with Gasteiger partial charge in [-0.25, -0.2) is 0 Å². The van der Waals surface area contributed by atoms with E-state index in [2.05, 4.69) is 47.4 Å². The highest BCUT2D eigenvalue weighted by atomic mass is 35.5. The van der Waals surface area contributed by atoms with E-state index in [4.69, 9.17) is 10.5 Å². The number of benzene rings is 2. The lowest BCUT2D eigenvalue weighted by molar-refractivity contribution is 0.174. The fourth-order valence-electron chi connectivity index (χ4n) is 2.73. The van der Waals surface area contributed by atoms with E-state index in [9.17, 15) is 0 Å². The monoisotopic (exact) mass is 306 g/mol. The molecule has 0 atom stereocenters. The van der Waals surface area contributed by atoms with Crippen LogP contribution in [0.3, 0.4) is 0 Å². The summed E-state index contributed by atoms with van der Waals surface area (Å²) >= 11 is 0. The smallest absolute Gasteiger partial charge is 0.120 e. The normalized spacial score (nSPS) is 16.6. The Morgan fingerprint density at radius 3 is 2.52 bits per heavy atom. The van der Waals surface area contributed by atoms with Gasteiger partial charge < -0.3 is 10.5 Å². The van der Waals surface area contributed by atoms with Crippen LogP contribution in [0.1, 0.15) is 12.8 Å². The molecule has 0 spiro atoms. The highest BCUT2D eigenvalue weighted by Crippen LogP contribution is 2.20. The summed E-state index contributed by atoms with van der Waals surface area (Å²) in [5, 5.41) is 2.49. The van der Waals surface area contributed by atoms with Gasteiger partial charge in [0.05, 0.1) is 0 Å². The molecule has 2 N–H and O–H groups in total. The van der Waals surface area contributed by atoms with Gasteiger partial charge in [0, 0.05) is 12.6 Å². The van der Waals surface area contributed by atoms with E-state index in [1.165, 1.54) is 10.8 Å². The van der Waals surface area contributed by atoms with Gasteiger partial charge in [0.15, 0.2) is 0 Å². The number of hydrogen-bond acceptors (Lipinski definition) is 3. The highest BCUT2D eigenvalue weighted by Gasteiger charge is 2.15. The number of rotatable bonds is 4. The average molecular weight is 307 g/mol. The van der Waals surface area contributed by atoms with Crippen LogP contribution in [-0.2, 0) is 0 Å². The largest absolute Gasteiger partial charge is 0.492 e. The summed E-state index contributed by atoms with van der Waals surface area (Å²) in [6.45, 7) is 3.93. The van der Waals surface area contributed by atoms with E-state index in [1.807, 2.05) is 0 Å². The molecule has 0 aliphatic carbocycles. The molecule has 3 rings (SSSR count). The van der Waals surface area contributed by atoms with Crippen LogP contribution >= 0.6 is 12.4 Å². The summed E-state index contributed by atoms with van der Waals surface area (Å²) in [6, 6.07) is 15.0. The van der Waals surface area contributed by atoms with Gasteiger partial charge in [-0.3, -0.25) is 4.90 Å². The molecule has 3 nitrogen and oxygen atoms in total. The van der Waals surface area contributed by atoms with E-state index in [0.29, 0.717) is 6.04 Å². The lowest BCUT2D eigenvalue weighted by atomic mass is 10.1. The van der Waals surface area contributed by atoms with Gasteiger partial charge in [0.2, 0.25) is 0 Å². The second kappa shape index (κ2) is 7.64. The first-order valence-electron chi connectivity index (χ1n) is 7.41. The van der Waals surface area contributed by atoms with Gasteiger partial charge in [0.1, 0.15) is 12.4 Å². The predicted molar refractivity (Wildman–Crippen MR) is 90.3 cm³/mol. The van der Waals surface area contributed by atoms with Crippen molar-refractivity contribution in [1.29, 1.82) is 0 Å². The molecule has 0 unspecified atom stereocenters. The molecule has 2 aromatic carbocycles. The maximum atomic E-state index is 5.91. The molecule has 1 aliphatic heterocycles. The number of hydrogen-bond donors (Lipinski definition) is 1. The fourth-order valence-corrected chi connectivity index (χ4v) is 2.73. The number of nitrogens with zero attached hydrogens (tertiary/aromatic N) is 1. The van der Waals surface area contributed by atoms with Crippen LogP contribution in [0, 0.1) is 0 Å². The summed E-state index contributed by atoms with van der Waals surface area (Å²) in [6.07, 6.45) is 2.21. The van der Waals surface area contributed by atoms with Crippen LogP contribution in [0.4, 0.5) is 0 Å². The van der Waals surface area contributed by atoms with E-state index in [0.717, 1.165) is 44.8 Å². The third-order valence-corrected chi connectivity index (χ3v) is 4.03. The molecule has 0 saturated carbocycles. The Morgan fingerprint density at radius 1 is 1.05 bits per heavy atom. The zero-order valence-corrected chi connectivity index (χ0v) is 13.0. The quantitative estimate of drug-likeness (QED) is 0.943. The molecule has 0 aromatic heterocycles. The number of halogens is 1. The first-order valence-corrected chi connectivity index (χ1v) is 7.41. The minimum atomic E-state index is 0. The topological polar surface area (TPSA) is 38.5 Å². The summed E-state index contributed by atoms with van der Waals surface area (Å²) in [5.41, 5.74) is 5.91. The minimum Gasteiger partial charge on any atom is -0.492 e. The van der Waals surface area contributed by atoms with Crippen molar-refractivity contribution in [1.82, 2.24) is 4.90 Å². The molecule has 21 heavy (non-hydrogen) atoms. The van der Waals surface area contributed by atoms with Crippen LogP contribution in [0.5, 0.6) is 5.75 Å². The third kappa shape index (κ3) is 4.34. The summed E-state index contributed by atoms with van der Waals surface area (Å²) in [5.74, 6) is 0.956. The van der Waals surface area contributed by atoms with Crippen molar-refractivity contribution in [2.45, 2.75) is 18.9 Å². The molecule has 4 heteroatoms. The summed E-state index contributed by atoms with van der Waals surface area (Å²) in [7, 11) is 0. The van der Waals surface area contributed by atoms with Gasteiger partial charge in [-0.1, -0.05) is 30.3 Å². The van der Waals surface area contributed by atoms with Gasteiger partial charge >= 0.3 is 0 Å². The minimum absolute atomic E-state index is 0. The van der Waals surface area contributed by atoms with Crippen molar-refractivity contribution < 1.29 is 4.74 Å². The van der Waals surface area contributed by atoms with Crippen LogP contribution in [0.15, 0.2) is 42.5 Å². The Morgan fingerprint density at radius 2 is 1.76 bits per heavy atom. The zero-order valence-electron chi connectivity index (χ0n) is 12.2. The van der Waals surface area contributed by atoms with Crippen molar-refractivity contribution >= 4 is 23.2 Å². The van der Waals surface area contributed by atoms with Gasteiger partial charge in [0.25, 0.3) is 0 Å². The van der Waals surface area contributed by atoms with Crippen LogP contribution in [0.2, 0.25) is 0 Å². The van der Waals surface area contributed by atoms with Crippen molar-refractivity contribution in [3.8, 4) is 5.75 Å². The van der Waals surface area contributed by atoms with Crippen molar-refractivity contribution in [3.63, 3.8) is 0 Å². The van der Waals surface area contributed by atoms with Crippen molar-refractivity contribution in [3.05, 3.63) is 42.5 Å². The molecule has 2 aromatic rings. The van der Waals surface area contributed by atoms with Crippen molar-refractivity contribution in [2.24, 2.45) is 5.73 Å². The Labute approximate surface area is 132 Å². The van der Waals surface area contributed by atoms with Gasteiger partial charge in [-0.15, -0.1) is 12.4 Å². The zero-order chi connectivity index (χ0) is 13.8. The molecule has 1 aliphatic rings. The molecule has 1 saturated heterocycles. The molecule has 1 fully saturated rings. The molecular weight excluding hydrogens is 284 g/mol. The lowest BCUT2D eigenvalue weighted by Gasteiger charge is -2.29. The van der Waals surface area contributed by atoms with Gasteiger partial charge in [-0.05, 0) is 48.8 Å². The molecule has 0 amide bonds. The fraction of sp³-hybridized carbons (Fsp3) is 0.412. The molecule has 1 heterocycles. The first-order chi connectivity index (χ1) is 9.81. The second-order valence-corrected chi connectivity index (χ2v) is 5.54.